The minimum Gasteiger partial charge on any atom is -0.396 e. The predicted octanol–water partition coefficient (Wildman–Crippen LogP) is 2.63. The molecule has 1 aliphatic rings. The number of hydrogen-bond donors (Lipinski definition) is 3. The number of benzene rings is 2. The van der Waals surface area contributed by atoms with Crippen molar-refractivity contribution in [1.82, 2.24) is 14.9 Å². The van der Waals surface area contributed by atoms with Gasteiger partial charge in [-0.3, -0.25) is 14.9 Å². The highest BCUT2D eigenvalue weighted by molar-refractivity contribution is 6.04. The maximum atomic E-state index is 13.0. The number of carbonyl (C=O) groups excluding carboxylic acids is 2. The lowest BCUT2D eigenvalue weighted by Crippen LogP contribution is -2.48. The number of hydrogen-bond acceptors (Lipinski definition) is 5. The summed E-state index contributed by atoms with van der Waals surface area (Å²) in [6.45, 7) is 1.65. The van der Waals surface area contributed by atoms with E-state index in [-0.39, 0.29) is 30.6 Å². The van der Waals surface area contributed by atoms with Crippen LogP contribution in [0.4, 0.5) is 24.8 Å². The molecular formula is C22H22F3N5O3. The Labute approximate surface area is 187 Å². The van der Waals surface area contributed by atoms with Gasteiger partial charge in [-0.25, -0.2) is 4.98 Å². The molecule has 33 heavy (non-hydrogen) atoms. The molecule has 0 aliphatic carbocycles. The number of alkyl halides is 3. The number of aliphatic hydroxyl groups is 1. The molecular weight excluding hydrogens is 439 g/mol. The van der Waals surface area contributed by atoms with Crippen LogP contribution in [0.5, 0.6) is 0 Å². The van der Waals surface area contributed by atoms with Crippen LogP contribution in [0.3, 0.4) is 0 Å². The summed E-state index contributed by atoms with van der Waals surface area (Å²) < 4.78 is 40.7. The largest absolute Gasteiger partial charge is 0.416 e. The molecule has 1 aromatic heterocycles. The zero-order chi connectivity index (χ0) is 23.6. The molecule has 0 atom stereocenters. The second kappa shape index (κ2) is 9.20. The van der Waals surface area contributed by atoms with Gasteiger partial charge in [-0.2, -0.15) is 13.2 Å². The molecule has 3 N–H and O–H groups in total. The number of nitrogens with one attached hydrogen (secondary N) is 2. The first-order valence-electron chi connectivity index (χ1n) is 10.4. The maximum Gasteiger partial charge on any atom is 0.416 e. The van der Waals surface area contributed by atoms with E-state index in [0.717, 1.165) is 12.1 Å². The van der Waals surface area contributed by atoms with E-state index in [1.807, 2.05) is 0 Å². The van der Waals surface area contributed by atoms with Crippen LogP contribution in [0, 0.1) is 0 Å². The minimum absolute atomic E-state index is 0.0709. The van der Waals surface area contributed by atoms with Crippen molar-refractivity contribution in [2.75, 3.05) is 36.5 Å². The molecule has 1 saturated heterocycles. The van der Waals surface area contributed by atoms with Crippen molar-refractivity contribution in [3.63, 3.8) is 0 Å². The van der Waals surface area contributed by atoms with E-state index in [0.29, 0.717) is 42.8 Å². The summed E-state index contributed by atoms with van der Waals surface area (Å²) in [5.74, 6) is -0.665. The van der Waals surface area contributed by atoms with Gasteiger partial charge in [0.1, 0.15) is 0 Å². The van der Waals surface area contributed by atoms with E-state index in [1.165, 1.54) is 12.1 Å². The number of piperazine rings is 1. The topological polar surface area (TPSA) is 99.5 Å². The van der Waals surface area contributed by atoms with E-state index >= 15 is 0 Å². The van der Waals surface area contributed by atoms with Crippen molar-refractivity contribution >= 4 is 34.5 Å². The smallest absolute Gasteiger partial charge is 0.396 e. The van der Waals surface area contributed by atoms with Crippen molar-refractivity contribution in [1.29, 1.82) is 0 Å². The second-order valence-electron chi connectivity index (χ2n) is 7.59. The van der Waals surface area contributed by atoms with Gasteiger partial charge in [0, 0.05) is 37.5 Å². The third-order valence-electron chi connectivity index (χ3n) is 5.35. The van der Waals surface area contributed by atoms with E-state index in [9.17, 15) is 27.9 Å². The highest BCUT2D eigenvalue weighted by atomic mass is 19.4. The van der Waals surface area contributed by atoms with Crippen LogP contribution in [0.15, 0.2) is 42.5 Å². The minimum atomic E-state index is -4.57. The Kier molecular flexibility index (Phi) is 6.34. The molecule has 0 unspecified atom stereocenters. The van der Waals surface area contributed by atoms with Gasteiger partial charge in [0.15, 0.2) is 0 Å². The quantitative estimate of drug-likeness (QED) is 0.524. The first-order valence-corrected chi connectivity index (χ1v) is 10.4. The van der Waals surface area contributed by atoms with Gasteiger partial charge >= 0.3 is 6.18 Å². The lowest BCUT2D eigenvalue weighted by atomic mass is 10.1. The van der Waals surface area contributed by atoms with Gasteiger partial charge < -0.3 is 19.9 Å². The molecule has 3 aromatic rings. The number of aryl methyl sites for hydroxylation is 1. The first-order chi connectivity index (χ1) is 15.8. The summed E-state index contributed by atoms with van der Waals surface area (Å²) in [6.07, 6.45) is -4.18. The number of carbonyl (C=O) groups is 2. The molecule has 11 heteroatoms. The van der Waals surface area contributed by atoms with Crippen LogP contribution in [0.25, 0.3) is 11.0 Å². The van der Waals surface area contributed by atoms with Crippen molar-refractivity contribution in [3.8, 4) is 0 Å². The second-order valence-corrected chi connectivity index (χ2v) is 7.59. The Morgan fingerprint density at radius 3 is 2.76 bits per heavy atom. The zero-order valence-electron chi connectivity index (χ0n) is 17.5. The molecule has 0 saturated carbocycles. The fraction of sp³-hybridized carbons (Fsp3) is 0.318. The Morgan fingerprint density at radius 2 is 2.03 bits per heavy atom. The number of rotatable bonds is 6. The van der Waals surface area contributed by atoms with Gasteiger partial charge in [0.2, 0.25) is 11.9 Å². The van der Waals surface area contributed by atoms with E-state index in [2.05, 4.69) is 15.6 Å². The number of imidazole rings is 1. The molecule has 0 spiro atoms. The number of anilines is 2. The van der Waals surface area contributed by atoms with Gasteiger partial charge in [-0.05, 0) is 42.8 Å². The highest BCUT2D eigenvalue weighted by Crippen LogP contribution is 2.30. The fourth-order valence-corrected chi connectivity index (χ4v) is 3.73. The molecule has 0 bridgehead atoms. The van der Waals surface area contributed by atoms with Crippen LogP contribution >= 0.6 is 0 Å². The van der Waals surface area contributed by atoms with E-state index < -0.39 is 17.6 Å². The van der Waals surface area contributed by atoms with Crippen molar-refractivity contribution in [2.45, 2.75) is 19.1 Å². The van der Waals surface area contributed by atoms with Gasteiger partial charge in [0.05, 0.1) is 23.1 Å². The normalized spacial score (nSPS) is 14.7. The lowest BCUT2D eigenvalue weighted by molar-refractivity contribution is -0.137. The Morgan fingerprint density at radius 1 is 1.21 bits per heavy atom. The number of aromatic nitrogens is 2. The maximum absolute atomic E-state index is 13.0. The molecule has 2 amide bonds. The molecule has 2 aromatic carbocycles. The molecule has 4 rings (SSSR count). The molecule has 174 valence electrons. The highest BCUT2D eigenvalue weighted by Gasteiger charge is 2.31. The number of aliphatic hydroxyl groups excluding tert-OH is 1. The third-order valence-corrected chi connectivity index (χ3v) is 5.35. The van der Waals surface area contributed by atoms with Gasteiger partial charge in [-0.15, -0.1) is 0 Å². The Bertz CT molecular complexity index is 1190. The zero-order valence-corrected chi connectivity index (χ0v) is 17.5. The summed E-state index contributed by atoms with van der Waals surface area (Å²) >= 11 is 0. The van der Waals surface area contributed by atoms with E-state index in [4.69, 9.17) is 0 Å². The third kappa shape index (κ3) is 4.83. The Balaban J connectivity index is 1.67. The Hall–Kier alpha value is -3.44. The predicted molar refractivity (Wildman–Crippen MR) is 116 cm³/mol. The first kappa shape index (κ1) is 22.7. The fourth-order valence-electron chi connectivity index (χ4n) is 3.73. The number of amides is 2. The standard InChI is InChI=1S/C22H22F3N5O3/c23-22(24,25)15-4-1-3-14(11-15)20(33)28-21-27-17-12-16(29-9-7-26-13-19(29)32)5-6-18(17)30(21)8-2-10-31/h1,3-6,11-12,26,31H,2,7-10,13H2,(H,27,28,33). The van der Waals surface area contributed by atoms with Crippen molar-refractivity contribution < 1.29 is 27.9 Å². The molecule has 2 heterocycles. The summed E-state index contributed by atoms with van der Waals surface area (Å²) in [5.41, 5.74) is 0.758. The van der Waals surface area contributed by atoms with Gasteiger partial charge in [0.25, 0.3) is 5.91 Å². The van der Waals surface area contributed by atoms with Crippen LogP contribution in [0.2, 0.25) is 0 Å². The summed E-state index contributed by atoms with van der Waals surface area (Å²) in [6, 6.07) is 9.41. The molecule has 1 fully saturated rings. The average molecular weight is 461 g/mol. The number of nitrogens with zero attached hydrogens (tertiary/aromatic N) is 3. The average Bonchev–Trinajstić information content (AvgIpc) is 3.13. The SMILES string of the molecule is O=C(Nc1nc2cc(N3CCNCC3=O)ccc2n1CCCO)c1cccc(C(F)(F)F)c1. The summed E-state index contributed by atoms with van der Waals surface area (Å²) in [4.78, 5) is 31.0. The number of fused-ring (bicyclic) bond motifs is 1. The number of halogens is 3. The van der Waals surface area contributed by atoms with E-state index in [1.54, 1.807) is 27.7 Å². The molecule has 0 radical (unpaired) electrons. The van der Waals surface area contributed by atoms with Crippen LogP contribution in [-0.2, 0) is 17.5 Å². The van der Waals surface area contributed by atoms with Crippen LogP contribution < -0.4 is 15.5 Å². The summed E-state index contributed by atoms with van der Waals surface area (Å²) in [7, 11) is 0. The lowest BCUT2D eigenvalue weighted by Gasteiger charge is -2.27. The molecule has 8 nitrogen and oxygen atoms in total. The van der Waals surface area contributed by atoms with Gasteiger partial charge in [-0.1, -0.05) is 6.07 Å². The molecule has 1 aliphatic heterocycles. The summed E-state index contributed by atoms with van der Waals surface area (Å²) in [5, 5.41) is 14.9. The monoisotopic (exact) mass is 461 g/mol. The van der Waals surface area contributed by atoms with Crippen LogP contribution in [0.1, 0.15) is 22.3 Å². The van der Waals surface area contributed by atoms with Crippen molar-refractivity contribution in [3.05, 3.63) is 53.6 Å². The van der Waals surface area contributed by atoms with Crippen molar-refractivity contribution in [2.24, 2.45) is 0 Å². The van der Waals surface area contributed by atoms with Crippen LogP contribution in [-0.4, -0.2) is 52.7 Å².